The van der Waals surface area contributed by atoms with Crippen molar-refractivity contribution >= 4 is 0 Å². The van der Waals surface area contributed by atoms with Crippen molar-refractivity contribution in [2.45, 2.75) is 0 Å². The first-order valence-electron chi connectivity index (χ1n) is 0.200. The van der Waals surface area contributed by atoms with Crippen LogP contribution in [0, 0.1) is 74.6 Å². The predicted octanol–water partition coefficient (Wildman–Crippen LogP) is 0.0174. The van der Waals surface area contributed by atoms with Crippen LogP contribution in [0.1, 0.15) is 0 Å². The zero-order chi connectivity index (χ0) is 2.00. The minimum atomic E-state index is 0. The van der Waals surface area contributed by atoms with Crippen LogP contribution >= 0.6 is 0 Å². The molecule has 0 saturated carbocycles. The van der Waals surface area contributed by atoms with Crippen LogP contribution in [0.3, 0.4) is 0 Å². The third kappa shape index (κ3) is 8.83. The molecule has 0 radical (unpaired) electrons. The van der Waals surface area contributed by atoms with Crippen LogP contribution in [0.25, 0.3) is 0 Å². The predicted molar refractivity (Wildman–Crippen MR) is 5.26 cm³/mol. The quantitative estimate of drug-likeness (QED) is 0.467. The molecule has 0 aromatic rings. The number of hydrogen-bond donors (Lipinski definition) is 2. The maximum atomic E-state index is 6.00. The average Bonchev–Trinajstić information content (AvgIpc) is 1.00. The Morgan fingerprint density at radius 3 is 0.750 bits per heavy atom. The summed E-state index contributed by atoms with van der Waals surface area (Å²) in [7, 11) is 0. The molecule has 38 valence electrons. The van der Waals surface area contributed by atoms with E-state index in [0.29, 0.717) is 0 Å². The van der Waals surface area contributed by atoms with Gasteiger partial charge >= 0.3 is 0 Å². The van der Waals surface area contributed by atoms with E-state index < -0.39 is 0 Å². The van der Waals surface area contributed by atoms with E-state index in [1.54, 1.807) is 0 Å². The van der Waals surface area contributed by atoms with Gasteiger partial charge in [-0.25, -0.2) is 0 Å². The molecule has 0 aliphatic rings. The molecule has 0 aromatic heterocycles. The molecule has 0 heterocycles. The molecule has 0 rings (SSSR count). The molecule has 2 N–H and O–H groups in total. The van der Waals surface area contributed by atoms with Gasteiger partial charge in [-0.05, 0) is 0 Å². The first-order valence-corrected chi connectivity index (χ1v) is 0.200. The van der Waals surface area contributed by atoms with Gasteiger partial charge in [-0.1, -0.05) is 0 Å². The number of hydrogen-bond acceptors (Lipinski definition) is 2. The molecule has 0 unspecified atom stereocenters. The van der Waals surface area contributed by atoms with Gasteiger partial charge in [0.15, 0.2) is 0 Å². The molecule has 0 bridgehead atoms. The molecule has 0 aliphatic carbocycles. The van der Waals surface area contributed by atoms with Crippen LogP contribution in [0.2, 0.25) is 0 Å². The summed E-state index contributed by atoms with van der Waals surface area (Å²) in [6, 6.07) is 0. The first-order chi connectivity index (χ1) is 1.00. The Labute approximate surface area is 83.3 Å². The summed E-state index contributed by atoms with van der Waals surface area (Å²) in [6.07, 6.45) is 0. The Morgan fingerprint density at radius 1 is 0.750 bits per heavy atom. The summed E-state index contributed by atoms with van der Waals surface area (Å²) in [5.74, 6) is 0. The summed E-state index contributed by atoms with van der Waals surface area (Å²) in [4.78, 5) is 0. The molecule has 0 amide bonds. The Hall–Kier alpha value is 2.41. The van der Waals surface area contributed by atoms with Crippen LogP contribution in [0.5, 0.6) is 0 Å². The van der Waals surface area contributed by atoms with Gasteiger partial charge in [0.25, 0.3) is 0 Å². The molecule has 0 spiro atoms. The average molecular weight is 369 g/mol. The fourth-order valence-corrected chi connectivity index (χ4v) is 0. The van der Waals surface area contributed by atoms with Crippen LogP contribution in [-0.2, 0) is 0 Å². The summed E-state index contributed by atoms with van der Waals surface area (Å²) < 4.78 is 0. The van der Waals surface area contributed by atoms with E-state index in [2.05, 4.69) is 0 Å². The van der Waals surface area contributed by atoms with E-state index in [4.69, 9.17) is 10.5 Å². The van der Waals surface area contributed by atoms with Crippen molar-refractivity contribution in [3.8, 4) is 0 Å². The van der Waals surface area contributed by atoms with Gasteiger partial charge in [-0.15, -0.1) is 0 Å². The van der Waals surface area contributed by atoms with Gasteiger partial charge < -0.3 is 0 Å². The van der Waals surface area contributed by atoms with Gasteiger partial charge in [-0.2, -0.15) is 0 Å². The first kappa shape index (κ1) is 16.1. The Morgan fingerprint density at radius 2 is 0.750 bits per heavy atom. The number of rotatable bonds is 0. The van der Waals surface area contributed by atoms with Gasteiger partial charge in [0, 0.05) is 74.6 Å². The fourth-order valence-electron chi connectivity index (χ4n) is 0. The minimum Gasteiger partial charge on any atom is -0.255 e. The summed E-state index contributed by atoms with van der Waals surface area (Å²) in [6.45, 7) is 0. The van der Waals surface area contributed by atoms with E-state index in [0.717, 1.165) is 0 Å². The van der Waals surface area contributed by atoms with E-state index in [-0.39, 0.29) is 74.6 Å². The maximum absolute atomic E-state index is 6.00. The van der Waals surface area contributed by atoms with Crippen molar-refractivity contribution in [3.05, 3.63) is 0 Å². The van der Waals surface area contributed by atoms with Crippen molar-refractivity contribution in [1.29, 1.82) is 0 Å². The molecule has 0 atom stereocenters. The van der Waals surface area contributed by atoms with Crippen molar-refractivity contribution in [3.63, 3.8) is 0 Å². The van der Waals surface area contributed by atoms with Crippen molar-refractivity contribution in [2.75, 3.05) is 0 Å². The van der Waals surface area contributed by atoms with Gasteiger partial charge in [-0.3, -0.25) is 10.5 Å². The van der Waals surface area contributed by atoms with E-state index in [9.17, 15) is 0 Å². The van der Waals surface area contributed by atoms with Crippen molar-refractivity contribution < 1.29 is 85.1 Å². The van der Waals surface area contributed by atoms with Crippen LogP contribution < -0.4 is 0 Å². The van der Waals surface area contributed by atoms with E-state index in [1.807, 2.05) is 0 Å². The molecule has 4 heteroatoms. The van der Waals surface area contributed by atoms with Gasteiger partial charge in [0.1, 0.15) is 0 Å². The normalized spacial score (nSPS) is 1.50. The second-order valence-electron chi connectivity index (χ2n) is 0. The standard InChI is InChI=1S/2Er.H2O2/c;;1-2/h;;1-2H. The second kappa shape index (κ2) is 18.1. The molecule has 0 aromatic carbocycles. The van der Waals surface area contributed by atoms with Gasteiger partial charge in [0.2, 0.25) is 0 Å². The zero-order valence-electron chi connectivity index (χ0n) is 1.47. The third-order valence-electron chi connectivity index (χ3n) is 0. The maximum Gasteiger partial charge on any atom is 0 e. The smallest absolute Gasteiger partial charge is 0 e. The summed E-state index contributed by atoms with van der Waals surface area (Å²) in [5, 5.41) is 12.0. The molecule has 4 heavy (non-hydrogen) atoms. The van der Waals surface area contributed by atoms with Crippen molar-refractivity contribution in [2.24, 2.45) is 0 Å². The topological polar surface area (TPSA) is 40.5 Å². The SMILES string of the molecule is OO.[Er].[Er]. The Kier molecular flexibility index (Phi) is 73.0. The van der Waals surface area contributed by atoms with Crippen LogP contribution in [0.4, 0.5) is 0 Å². The minimum absolute atomic E-state index is 0. The molecular formula is H2Er2O2. The van der Waals surface area contributed by atoms with Crippen LogP contribution in [0.15, 0.2) is 0 Å². The Balaban J connectivity index is -0.00000000500. The molecular weight excluding hydrogens is 367 g/mol. The van der Waals surface area contributed by atoms with Gasteiger partial charge in [0.05, 0.1) is 0 Å². The summed E-state index contributed by atoms with van der Waals surface area (Å²) in [5.41, 5.74) is 0. The molecule has 0 fully saturated rings. The summed E-state index contributed by atoms with van der Waals surface area (Å²) >= 11 is 0. The molecule has 0 saturated heterocycles. The third-order valence-corrected chi connectivity index (χ3v) is 0. The van der Waals surface area contributed by atoms with E-state index in [1.165, 1.54) is 0 Å². The monoisotopic (exact) mass is 366 g/mol. The van der Waals surface area contributed by atoms with Crippen LogP contribution in [-0.4, -0.2) is 10.5 Å². The zero-order valence-corrected chi connectivity index (χ0v) is 5.18. The second-order valence-corrected chi connectivity index (χ2v) is 0. The fraction of sp³-hybridized carbons (Fsp3) is 0. The van der Waals surface area contributed by atoms with E-state index >= 15 is 0 Å². The largest absolute Gasteiger partial charge is 0.255 e. The molecule has 0 aliphatic heterocycles. The Bertz CT molecular complexity index is 4.00. The van der Waals surface area contributed by atoms with Crippen molar-refractivity contribution in [1.82, 2.24) is 0 Å². The molecule has 2 nitrogen and oxygen atoms in total.